The number of ether oxygens (including phenoxy) is 1. The maximum Gasteiger partial charge on any atom is 0.389 e. The first-order valence-electron chi connectivity index (χ1n) is 16.1. The van der Waals surface area contributed by atoms with E-state index in [4.69, 9.17) is 42.8 Å². The molecule has 338 valence electrons. The molecule has 0 saturated heterocycles. The molecule has 2 aromatic carbocycles. The summed E-state index contributed by atoms with van der Waals surface area (Å²) in [7, 11) is -10.9. The maximum atomic E-state index is 12.8. The molecule has 4 rings (SSSR count). The molecule has 0 aliphatic heterocycles. The van der Waals surface area contributed by atoms with Crippen molar-refractivity contribution in [2.24, 2.45) is 0 Å². The minimum absolute atomic E-state index is 0.0257. The third-order valence-corrected chi connectivity index (χ3v) is 9.90. The summed E-state index contributed by atoms with van der Waals surface area (Å²) in [6.45, 7) is -0.786. The second-order valence-electron chi connectivity index (χ2n) is 11.7. The van der Waals surface area contributed by atoms with E-state index in [-0.39, 0.29) is 55.2 Å². The van der Waals surface area contributed by atoms with Crippen molar-refractivity contribution in [3.05, 3.63) is 74.1 Å². The number of aromatic nitrogens is 6. The number of rotatable bonds is 14. The molecule has 0 radical (unpaired) electrons. The number of hydrogen-bond acceptors (Lipinski definition) is 14. The Balaban J connectivity index is 0.000000349. The minimum atomic E-state index is -4.45. The normalized spacial score (nSPS) is 11.8. The van der Waals surface area contributed by atoms with Gasteiger partial charge in [-0.3, -0.25) is 24.7 Å². The molecule has 0 aliphatic carbocycles. The van der Waals surface area contributed by atoms with Crippen LogP contribution in [-0.4, -0.2) is 105 Å². The molecular weight excluding hydrogens is 941 g/mol. The van der Waals surface area contributed by atoms with Gasteiger partial charge in [0.25, 0.3) is 10.0 Å². The number of sulfonamides is 2. The van der Waals surface area contributed by atoms with Gasteiger partial charge in [-0.15, -0.1) is 5.10 Å². The van der Waals surface area contributed by atoms with Gasteiger partial charge in [-0.25, -0.2) is 35.7 Å². The average molecular weight is 976 g/mol. The Morgan fingerprint density at radius 1 is 1.02 bits per heavy atom. The number of halogens is 7. The first-order valence-corrected chi connectivity index (χ1v) is 22.0. The van der Waals surface area contributed by atoms with Crippen LogP contribution in [0.15, 0.2) is 46.1 Å². The van der Waals surface area contributed by atoms with Crippen molar-refractivity contribution >= 4 is 74.5 Å². The highest BCUT2D eigenvalue weighted by Crippen LogP contribution is 2.32. The summed E-state index contributed by atoms with van der Waals surface area (Å²) in [5.74, 6) is -1.42. The van der Waals surface area contributed by atoms with Crippen LogP contribution >= 0.6 is 30.8 Å². The Morgan fingerprint density at radius 2 is 1.64 bits per heavy atom. The zero-order chi connectivity index (χ0) is 46.7. The molecule has 0 spiro atoms. The Bertz CT molecular complexity index is 2550. The Kier molecular flexibility index (Phi) is 18.5. The number of carbonyl (C=O) groups is 2. The van der Waals surface area contributed by atoms with Crippen molar-refractivity contribution in [3.8, 4) is 11.7 Å². The Hall–Kier alpha value is -5.03. The summed E-state index contributed by atoms with van der Waals surface area (Å²) >= 11 is 11.8. The Labute approximate surface area is 351 Å². The van der Waals surface area contributed by atoms with Gasteiger partial charge in [-0.1, -0.05) is 41.4 Å². The average Bonchev–Trinajstić information content (AvgIpc) is 3.40. The van der Waals surface area contributed by atoms with Crippen LogP contribution in [-0.2, 0) is 35.8 Å². The zero-order valence-electron chi connectivity index (χ0n) is 31.5. The van der Waals surface area contributed by atoms with Gasteiger partial charge in [-0.2, -0.15) is 41.6 Å². The number of carboxylic acid groups (broad SMARTS) is 1. The first-order chi connectivity index (χ1) is 27.9. The highest BCUT2D eigenvalue weighted by molar-refractivity contribution is 7.92. The summed E-state index contributed by atoms with van der Waals surface area (Å²) in [5, 5.41) is 15.8. The van der Waals surface area contributed by atoms with E-state index in [1.54, 1.807) is 4.72 Å². The fourth-order valence-corrected chi connectivity index (χ4v) is 7.02. The van der Waals surface area contributed by atoms with Crippen LogP contribution in [0.1, 0.15) is 30.2 Å². The van der Waals surface area contributed by atoms with Gasteiger partial charge in [0.15, 0.2) is 0 Å². The topological polar surface area (TPSA) is 316 Å². The van der Waals surface area contributed by atoms with Crippen molar-refractivity contribution in [1.29, 1.82) is 0 Å². The number of nitrogens with zero attached hydrogens (tertiary/aromatic N) is 6. The van der Waals surface area contributed by atoms with Gasteiger partial charge in [0.2, 0.25) is 16.0 Å². The van der Waals surface area contributed by atoms with Crippen LogP contribution in [0.3, 0.4) is 0 Å². The predicted molar refractivity (Wildman–Crippen MR) is 206 cm³/mol. The quantitative estimate of drug-likeness (QED) is 0.0703. The SMILES string of the molecule is COc1nc(C)nc(NC(=O)NS(=O)(=O)c2ccccc2CCC(F)(F)F)n1.Cc1nn(-c2cc(NS(C)(=O)=O)c(Cl)cc2Cl)c(=O)n1C(F)F.O=C(O)CNCP(=O)(O)O. The van der Waals surface area contributed by atoms with Crippen LogP contribution in [0, 0.1) is 13.8 Å². The lowest BCUT2D eigenvalue weighted by molar-refractivity contribution is -0.136. The molecule has 0 atom stereocenters. The largest absolute Gasteiger partial charge is 0.480 e. The van der Waals surface area contributed by atoms with E-state index in [1.165, 1.54) is 45.2 Å². The number of urea groups is 1. The molecule has 0 unspecified atom stereocenters. The van der Waals surface area contributed by atoms with Crippen molar-refractivity contribution in [2.75, 3.05) is 36.2 Å². The standard InChI is InChI=1S/C15H16F3N5O4S.C11H10Cl2F2N4O3S.C3H8NO5P/c1-9-19-12(22-14(20-9)27-2)21-13(24)23-28(25,26)11-6-4-3-5-10(11)7-8-15(16,17)18;1-5-16-19(11(20)18(5)10(14)15)9-4-8(17-23(2,21)22)6(12)3-7(9)13;5-3(6)1-4-2-10(7,8)9/h3-6H,7-8H2,1-2H3,(H2,19,20,21,22,23,24);3-4,10,17H,1-2H3;4H,1-2H2,(H,5,6)(H2,7,8,9). The molecule has 2 heterocycles. The van der Waals surface area contributed by atoms with Crippen molar-refractivity contribution < 1.29 is 72.6 Å². The van der Waals surface area contributed by atoms with Crippen LogP contribution in [0.5, 0.6) is 6.01 Å². The number of aliphatic carboxylic acids is 1. The molecule has 2 amide bonds. The van der Waals surface area contributed by atoms with Crippen LogP contribution in [0.4, 0.5) is 38.4 Å². The summed E-state index contributed by atoms with van der Waals surface area (Å²) in [6.07, 6.45) is -5.89. The van der Waals surface area contributed by atoms with Gasteiger partial charge in [-0.05, 0) is 44.0 Å². The number of hydrogen-bond donors (Lipinski definition) is 7. The van der Waals surface area contributed by atoms with Gasteiger partial charge >= 0.3 is 44.0 Å². The molecule has 0 fully saturated rings. The molecule has 4 aromatic rings. The molecule has 0 aliphatic rings. The highest BCUT2D eigenvalue weighted by atomic mass is 35.5. The molecule has 32 heteroatoms. The van der Waals surface area contributed by atoms with Crippen LogP contribution in [0.25, 0.3) is 5.69 Å². The molecule has 22 nitrogen and oxygen atoms in total. The number of anilines is 2. The fourth-order valence-electron chi connectivity index (χ4n) is 4.30. The monoisotopic (exact) mass is 974 g/mol. The zero-order valence-corrected chi connectivity index (χ0v) is 35.5. The van der Waals surface area contributed by atoms with E-state index >= 15 is 0 Å². The van der Waals surface area contributed by atoms with Gasteiger partial charge in [0, 0.05) is 6.42 Å². The second-order valence-corrected chi connectivity index (χ2v) is 17.5. The summed E-state index contributed by atoms with van der Waals surface area (Å²) in [6, 6.07) is 6.12. The Morgan fingerprint density at radius 3 is 2.16 bits per heavy atom. The number of benzene rings is 2. The van der Waals surface area contributed by atoms with Crippen molar-refractivity contribution in [1.82, 2.24) is 39.3 Å². The number of carboxylic acids is 1. The van der Waals surface area contributed by atoms with Crippen molar-refractivity contribution in [3.63, 3.8) is 0 Å². The van der Waals surface area contributed by atoms with E-state index in [1.807, 2.05) is 0 Å². The van der Waals surface area contributed by atoms with Crippen molar-refractivity contribution in [2.45, 2.75) is 44.3 Å². The van der Waals surface area contributed by atoms with Gasteiger partial charge in [0.1, 0.15) is 11.6 Å². The molecule has 0 saturated carbocycles. The molecule has 7 N–H and O–H groups in total. The second kappa shape index (κ2) is 21.7. The van der Waals surface area contributed by atoms with E-state index < -0.39 is 88.6 Å². The first kappa shape index (κ1) is 52.1. The van der Waals surface area contributed by atoms with Crippen LogP contribution < -0.4 is 30.5 Å². The van der Waals surface area contributed by atoms with Crippen LogP contribution in [0.2, 0.25) is 10.0 Å². The third-order valence-electron chi connectivity index (χ3n) is 6.63. The fraction of sp³-hybridized carbons (Fsp3) is 0.345. The van der Waals surface area contributed by atoms with E-state index in [0.717, 1.165) is 18.4 Å². The summed E-state index contributed by atoms with van der Waals surface area (Å²) in [5.41, 5.74) is -1.34. The number of methoxy groups -OCH3 is 1. The summed E-state index contributed by atoms with van der Waals surface area (Å²) in [4.78, 5) is 61.1. The summed E-state index contributed by atoms with van der Waals surface area (Å²) < 4.78 is 130. The van der Waals surface area contributed by atoms with Gasteiger partial charge in [0.05, 0.1) is 52.5 Å². The van der Waals surface area contributed by atoms with E-state index in [9.17, 15) is 57.7 Å². The lowest BCUT2D eigenvalue weighted by Gasteiger charge is -2.13. The maximum absolute atomic E-state index is 12.8. The number of nitrogens with one attached hydrogen (secondary N) is 4. The van der Waals surface area contributed by atoms with E-state index in [0.29, 0.717) is 4.68 Å². The third kappa shape index (κ3) is 17.8. The number of alkyl halides is 5. The molecule has 0 bridgehead atoms. The molecule has 61 heavy (non-hydrogen) atoms. The lowest BCUT2D eigenvalue weighted by Crippen LogP contribution is -2.35. The smallest absolute Gasteiger partial charge is 0.389 e. The van der Waals surface area contributed by atoms with E-state index in [2.05, 4.69) is 35.4 Å². The highest BCUT2D eigenvalue weighted by Gasteiger charge is 2.29. The lowest BCUT2D eigenvalue weighted by atomic mass is 10.1. The number of amides is 2. The van der Waals surface area contributed by atoms with Gasteiger partial charge < -0.3 is 19.6 Å². The number of aryl methyl sites for hydroxylation is 3. The number of carbonyl (C=O) groups excluding carboxylic acids is 1. The molecular formula is C29H34Cl2F5N10O12PS2. The predicted octanol–water partition coefficient (Wildman–Crippen LogP) is 3.41. The molecule has 2 aromatic heterocycles. The minimum Gasteiger partial charge on any atom is -0.480 e.